The molecule has 2 unspecified atom stereocenters. The summed E-state index contributed by atoms with van der Waals surface area (Å²) in [6, 6.07) is 4.26. The van der Waals surface area contributed by atoms with E-state index in [1.165, 1.54) is 9.75 Å². The summed E-state index contributed by atoms with van der Waals surface area (Å²) in [7, 11) is 0. The molecule has 2 rings (SSSR count). The van der Waals surface area contributed by atoms with Crippen LogP contribution >= 0.6 is 23.1 Å². The molecule has 0 aliphatic carbocycles. The van der Waals surface area contributed by atoms with E-state index in [1.807, 2.05) is 11.8 Å². The molecule has 106 valence electrons. The van der Waals surface area contributed by atoms with Crippen molar-refractivity contribution in [2.24, 2.45) is 0 Å². The SMILES string of the molecule is CCC1(C)NC(c2ccc(C)s2)N(CCSC)C1=O. The topological polar surface area (TPSA) is 32.3 Å². The fraction of sp³-hybridized carbons (Fsp3) is 0.643. The maximum atomic E-state index is 12.6. The van der Waals surface area contributed by atoms with Crippen LogP contribution in [0.25, 0.3) is 0 Å². The summed E-state index contributed by atoms with van der Waals surface area (Å²) >= 11 is 3.55. The number of amides is 1. The first-order valence-corrected chi connectivity index (χ1v) is 8.87. The minimum Gasteiger partial charge on any atom is -0.320 e. The fourth-order valence-electron chi connectivity index (χ4n) is 2.37. The third-order valence-electron chi connectivity index (χ3n) is 3.77. The Balaban J connectivity index is 2.26. The number of thiophene rings is 1. The van der Waals surface area contributed by atoms with Gasteiger partial charge in [0.05, 0.1) is 5.54 Å². The molecule has 1 amide bonds. The second kappa shape index (κ2) is 5.85. The molecule has 1 aromatic rings. The lowest BCUT2D eigenvalue weighted by atomic mass is 9.99. The van der Waals surface area contributed by atoms with E-state index in [1.54, 1.807) is 23.1 Å². The Labute approximate surface area is 123 Å². The first-order valence-electron chi connectivity index (χ1n) is 6.66. The van der Waals surface area contributed by atoms with Gasteiger partial charge >= 0.3 is 0 Å². The molecule has 3 nitrogen and oxygen atoms in total. The van der Waals surface area contributed by atoms with Gasteiger partial charge in [-0.2, -0.15) is 11.8 Å². The van der Waals surface area contributed by atoms with Crippen LogP contribution in [0.1, 0.15) is 36.2 Å². The standard InChI is InChI=1S/C14H22N2OS2/c1-5-14(3)13(17)16(8-9-18-4)12(15-14)11-7-6-10(2)19-11/h6-7,12,15H,5,8-9H2,1-4H3. The van der Waals surface area contributed by atoms with Crippen LogP contribution in [0.5, 0.6) is 0 Å². The van der Waals surface area contributed by atoms with Crippen LogP contribution in [-0.2, 0) is 4.79 Å². The number of nitrogens with one attached hydrogen (secondary N) is 1. The third-order valence-corrected chi connectivity index (χ3v) is 5.42. The van der Waals surface area contributed by atoms with Crippen LogP contribution in [0.15, 0.2) is 12.1 Å². The Kier molecular flexibility index (Phi) is 4.58. The predicted octanol–water partition coefficient (Wildman–Crippen LogP) is 3.02. The maximum absolute atomic E-state index is 12.6. The zero-order valence-corrected chi connectivity index (χ0v) is 13.7. The molecule has 0 bridgehead atoms. The van der Waals surface area contributed by atoms with E-state index in [0.29, 0.717) is 0 Å². The van der Waals surface area contributed by atoms with Crippen molar-refractivity contribution in [1.82, 2.24) is 10.2 Å². The van der Waals surface area contributed by atoms with E-state index in [2.05, 4.69) is 37.6 Å². The maximum Gasteiger partial charge on any atom is 0.244 e. The molecular formula is C14H22N2OS2. The lowest BCUT2D eigenvalue weighted by Crippen LogP contribution is -2.43. The molecule has 1 saturated heterocycles. The van der Waals surface area contributed by atoms with Gasteiger partial charge in [-0.3, -0.25) is 10.1 Å². The lowest BCUT2D eigenvalue weighted by molar-refractivity contribution is -0.132. The molecular weight excluding hydrogens is 276 g/mol. The molecule has 2 atom stereocenters. The van der Waals surface area contributed by atoms with Crippen molar-refractivity contribution in [3.05, 3.63) is 21.9 Å². The van der Waals surface area contributed by atoms with E-state index >= 15 is 0 Å². The molecule has 0 radical (unpaired) electrons. The zero-order chi connectivity index (χ0) is 14.0. The van der Waals surface area contributed by atoms with Crippen LogP contribution in [-0.4, -0.2) is 34.9 Å². The third kappa shape index (κ3) is 2.83. The van der Waals surface area contributed by atoms with E-state index in [4.69, 9.17) is 0 Å². The Morgan fingerprint density at radius 2 is 2.26 bits per heavy atom. The highest BCUT2D eigenvalue weighted by Gasteiger charge is 2.47. The Hall–Kier alpha value is -0.520. The summed E-state index contributed by atoms with van der Waals surface area (Å²) in [5.74, 6) is 1.22. The van der Waals surface area contributed by atoms with E-state index in [9.17, 15) is 4.79 Å². The number of nitrogens with zero attached hydrogens (tertiary/aromatic N) is 1. The second-order valence-electron chi connectivity index (χ2n) is 5.17. The first kappa shape index (κ1) is 14.9. The molecule has 1 aromatic heterocycles. The van der Waals surface area contributed by atoms with Crippen molar-refractivity contribution in [3.63, 3.8) is 0 Å². The first-order chi connectivity index (χ1) is 9.01. The average Bonchev–Trinajstić information content (AvgIpc) is 2.92. The number of hydrogen-bond acceptors (Lipinski definition) is 4. The van der Waals surface area contributed by atoms with Crippen molar-refractivity contribution >= 4 is 29.0 Å². The molecule has 2 heterocycles. The number of aryl methyl sites for hydroxylation is 1. The summed E-state index contributed by atoms with van der Waals surface area (Å²) in [6.07, 6.45) is 2.95. The van der Waals surface area contributed by atoms with Gasteiger partial charge in [0.15, 0.2) is 0 Å². The van der Waals surface area contributed by atoms with Gasteiger partial charge in [-0.1, -0.05) is 6.92 Å². The van der Waals surface area contributed by atoms with Crippen molar-refractivity contribution in [3.8, 4) is 0 Å². The summed E-state index contributed by atoms with van der Waals surface area (Å²) in [6.45, 7) is 7.00. The van der Waals surface area contributed by atoms with Gasteiger partial charge in [-0.25, -0.2) is 0 Å². The van der Waals surface area contributed by atoms with Crippen LogP contribution in [0, 0.1) is 6.92 Å². The average molecular weight is 298 g/mol. The smallest absolute Gasteiger partial charge is 0.244 e. The molecule has 0 aromatic carbocycles. The summed E-state index contributed by atoms with van der Waals surface area (Å²) in [4.78, 5) is 17.1. The highest BCUT2D eigenvalue weighted by atomic mass is 32.2. The van der Waals surface area contributed by atoms with Crippen molar-refractivity contribution in [2.45, 2.75) is 38.9 Å². The van der Waals surface area contributed by atoms with E-state index in [-0.39, 0.29) is 12.1 Å². The number of carbonyl (C=O) groups is 1. The zero-order valence-electron chi connectivity index (χ0n) is 12.0. The number of rotatable bonds is 5. The number of carbonyl (C=O) groups excluding carboxylic acids is 1. The molecule has 1 aliphatic heterocycles. The monoisotopic (exact) mass is 298 g/mol. The van der Waals surface area contributed by atoms with Crippen LogP contribution in [0.2, 0.25) is 0 Å². The van der Waals surface area contributed by atoms with Crippen LogP contribution in [0.3, 0.4) is 0 Å². The highest BCUT2D eigenvalue weighted by molar-refractivity contribution is 7.98. The number of hydrogen-bond donors (Lipinski definition) is 1. The van der Waals surface area contributed by atoms with Gasteiger partial charge in [0.1, 0.15) is 6.17 Å². The predicted molar refractivity (Wildman–Crippen MR) is 83.7 cm³/mol. The minimum atomic E-state index is -0.416. The summed E-state index contributed by atoms with van der Waals surface area (Å²) in [5, 5.41) is 3.53. The Morgan fingerprint density at radius 3 is 2.79 bits per heavy atom. The van der Waals surface area contributed by atoms with Gasteiger partial charge in [0, 0.05) is 22.1 Å². The molecule has 1 fully saturated rings. The minimum absolute atomic E-state index is 0.0447. The van der Waals surface area contributed by atoms with Gasteiger partial charge in [0.25, 0.3) is 0 Å². The van der Waals surface area contributed by atoms with Gasteiger partial charge in [-0.15, -0.1) is 11.3 Å². The van der Waals surface area contributed by atoms with Crippen LogP contribution < -0.4 is 5.32 Å². The van der Waals surface area contributed by atoms with Gasteiger partial charge in [0.2, 0.25) is 5.91 Å². The molecule has 1 aliphatic rings. The Bertz CT molecular complexity index is 460. The fourth-order valence-corrected chi connectivity index (χ4v) is 3.70. The number of thioether (sulfide) groups is 1. The van der Waals surface area contributed by atoms with E-state index in [0.717, 1.165) is 18.7 Å². The quantitative estimate of drug-likeness (QED) is 0.907. The molecule has 5 heteroatoms. The molecule has 19 heavy (non-hydrogen) atoms. The lowest BCUT2D eigenvalue weighted by Gasteiger charge is -2.22. The van der Waals surface area contributed by atoms with Crippen molar-refractivity contribution < 1.29 is 4.79 Å². The van der Waals surface area contributed by atoms with Crippen molar-refractivity contribution in [1.29, 1.82) is 0 Å². The van der Waals surface area contributed by atoms with Gasteiger partial charge < -0.3 is 4.90 Å². The highest BCUT2D eigenvalue weighted by Crippen LogP contribution is 2.35. The van der Waals surface area contributed by atoms with E-state index < -0.39 is 5.54 Å². The second-order valence-corrected chi connectivity index (χ2v) is 7.48. The molecule has 0 spiro atoms. The Morgan fingerprint density at radius 1 is 1.53 bits per heavy atom. The largest absolute Gasteiger partial charge is 0.320 e. The van der Waals surface area contributed by atoms with Crippen molar-refractivity contribution in [2.75, 3.05) is 18.6 Å². The normalized spacial score (nSPS) is 27.3. The van der Waals surface area contributed by atoms with Crippen LogP contribution in [0.4, 0.5) is 0 Å². The molecule has 1 N–H and O–H groups in total. The summed E-state index contributed by atoms with van der Waals surface area (Å²) < 4.78 is 0. The summed E-state index contributed by atoms with van der Waals surface area (Å²) in [5.41, 5.74) is -0.416. The molecule has 0 saturated carbocycles. The van der Waals surface area contributed by atoms with Gasteiger partial charge in [-0.05, 0) is 38.7 Å².